The zero-order valence-corrected chi connectivity index (χ0v) is 19.3. The molecule has 1 amide bonds. The standard InChI is InChI=1S/C24H25Cl2N3O3/c1-31-23-12-18(4-7-21(23)26)24(30)27-14-16-8-10-29(11-9-16)15-20-13-22(28-32-20)17-2-5-19(25)6-3-17/h2-7,12-13,16H,8-11,14-15H2,1H3,(H,27,30). The summed E-state index contributed by atoms with van der Waals surface area (Å²) < 4.78 is 10.7. The van der Waals surface area contributed by atoms with Crippen molar-refractivity contribution in [1.82, 2.24) is 15.4 Å². The van der Waals surface area contributed by atoms with E-state index in [1.165, 1.54) is 7.11 Å². The highest BCUT2D eigenvalue weighted by Crippen LogP contribution is 2.26. The van der Waals surface area contributed by atoms with Gasteiger partial charge in [0, 0.05) is 28.8 Å². The van der Waals surface area contributed by atoms with Crippen LogP contribution >= 0.6 is 23.2 Å². The van der Waals surface area contributed by atoms with Gasteiger partial charge in [0.15, 0.2) is 5.76 Å². The molecule has 1 N–H and O–H groups in total. The maximum absolute atomic E-state index is 12.5. The molecule has 0 radical (unpaired) electrons. The van der Waals surface area contributed by atoms with Gasteiger partial charge in [-0.25, -0.2) is 0 Å². The number of nitrogens with zero attached hydrogens (tertiary/aromatic N) is 2. The highest BCUT2D eigenvalue weighted by atomic mass is 35.5. The molecule has 0 atom stereocenters. The molecule has 1 aromatic heterocycles. The second-order valence-corrected chi connectivity index (χ2v) is 8.81. The number of likely N-dealkylation sites (tertiary alicyclic amines) is 1. The van der Waals surface area contributed by atoms with E-state index in [0.717, 1.165) is 49.5 Å². The molecule has 1 aliphatic rings. The summed E-state index contributed by atoms with van der Waals surface area (Å²) in [5, 5.41) is 8.41. The van der Waals surface area contributed by atoms with Gasteiger partial charge in [-0.3, -0.25) is 9.69 Å². The molecule has 0 aliphatic carbocycles. The van der Waals surface area contributed by atoms with Gasteiger partial charge in [0.1, 0.15) is 11.4 Å². The molecule has 1 fully saturated rings. The van der Waals surface area contributed by atoms with Gasteiger partial charge >= 0.3 is 0 Å². The molecular weight excluding hydrogens is 449 g/mol. The fourth-order valence-corrected chi connectivity index (χ4v) is 4.17. The van der Waals surface area contributed by atoms with Crippen LogP contribution in [0.15, 0.2) is 53.1 Å². The van der Waals surface area contributed by atoms with E-state index in [-0.39, 0.29) is 5.91 Å². The Morgan fingerprint density at radius 3 is 2.62 bits per heavy atom. The topological polar surface area (TPSA) is 67.6 Å². The molecule has 6 nitrogen and oxygen atoms in total. The Balaban J connectivity index is 1.23. The first-order chi connectivity index (χ1) is 15.5. The maximum atomic E-state index is 12.5. The minimum absolute atomic E-state index is 0.112. The lowest BCUT2D eigenvalue weighted by atomic mass is 9.96. The quantitative estimate of drug-likeness (QED) is 0.504. The van der Waals surface area contributed by atoms with Crippen LogP contribution in [0, 0.1) is 5.92 Å². The van der Waals surface area contributed by atoms with E-state index in [9.17, 15) is 4.79 Å². The van der Waals surface area contributed by atoms with Crippen molar-refractivity contribution in [2.45, 2.75) is 19.4 Å². The van der Waals surface area contributed by atoms with E-state index in [1.807, 2.05) is 30.3 Å². The van der Waals surface area contributed by atoms with E-state index >= 15 is 0 Å². The average molecular weight is 474 g/mol. The second-order valence-electron chi connectivity index (χ2n) is 7.96. The molecule has 3 aromatic rings. The molecule has 2 heterocycles. The first-order valence-corrected chi connectivity index (χ1v) is 11.3. The van der Waals surface area contributed by atoms with Gasteiger partial charge in [0.25, 0.3) is 5.91 Å². The van der Waals surface area contributed by atoms with E-state index in [4.69, 9.17) is 32.5 Å². The molecule has 0 spiro atoms. The third-order valence-corrected chi connectivity index (χ3v) is 6.31. The number of rotatable bonds is 7. The molecule has 8 heteroatoms. The zero-order valence-electron chi connectivity index (χ0n) is 17.8. The number of piperidine rings is 1. The monoisotopic (exact) mass is 473 g/mol. The third-order valence-electron chi connectivity index (χ3n) is 5.75. The molecular formula is C24H25Cl2N3O3. The Kier molecular flexibility index (Phi) is 7.35. The highest BCUT2D eigenvalue weighted by Gasteiger charge is 2.21. The lowest BCUT2D eigenvalue weighted by Gasteiger charge is -2.31. The zero-order chi connectivity index (χ0) is 22.5. The van der Waals surface area contributed by atoms with Crippen molar-refractivity contribution in [3.05, 3.63) is 69.9 Å². The van der Waals surface area contributed by atoms with Crippen molar-refractivity contribution >= 4 is 29.1 Å². The van der Waals surface area contributed by atoms with Crippen LogP contribution in [0.3, 0.4) is 0 Å². The summed E-state index contributed by atoms with van der Waals surface area (Å²) in [4.78, 5) is 14.8. The van der Waals surface area contributed by atoms with Crippen LogP contribution in [0.1, 0.15) is 29.0 Å². The van der Waals surface area contributed by atoms with Crippen molar-refractivity contribution in [3.8, 4) is 17.0 Å². The number of methoxy groups -OCH3 is 1. The van der Waals surface area contributed by atoms with Gasteiger partial charge in [0.2, 0.25) is 0 Å². The van der Waals surface area contributed by atoms with Crippen LogP contribution in [0.5, 0.6) is 5.75 Å². The summed E-state index contributed by atoms with van der Waals surface area (Å²) in [6.45, 7) is 3.28. The smallest absolute Gasteiger partial charge is 0.251 e. The number of aromatic nitrogens is 1. The number of benzene rings is 2. The summed E-state index contributed by atoms with van der Waals surface area (Å²) >= 11 is 12.0. The van der Waals surface area contributed by atoms with Crippen LogP contribution in [0.25, 0.3) is 11.3 Å². The summed E-state index contributed by atoms with van der Waals surface area (Å²) in [6.07, 6.45) is 2.03. The maximum Gasteiger partial charge on any atom is 0.251 e. The average Bonchev–Trinajstić information content (AvgIpc) is 3.27. The van der Waals surface area contributed by atoms with Crippen LogP contribution in [0.2, 0.25) is 10.0 Å². The Morgan fingerprint density at radius 1 is 1.16 bits per heavy atom. The van der Waals surface area contributed by atoms with Crippen molar-refractivity contribution < 1.29 is 14.1 Å². The molecule has 1 saturated heterocycles. The predicted octanol–water partition coefficient (Wildman–Crippen LogP) is 5.30. The van der Waals surface area contributed by atoms with Crippen LogP contribution in [0.4, 0.5) is 0 Å². The number of hydrogen-bond donors (Lipinski definition) is 1. The van der Waals surface area contributed by atoms with E-state index in [1.54, 1.807) is 18.2 Å². The highest BCUT2D eigenvalue weighted by molar-refractivity contribution is 6.32. The molecule has 0 unspecified atom stereocenters. The fraction of sp³-hybridized carbons (Fsp3) is 0.333. The number of ether oxygens (including phenoxy) is 1. The minimum atomic E-state index is -0.112. The molecule has 4 rings (SSSR count). The fourth-order valence-electron chi connectivity index (χ4n) is 3.85. The largest absolute Gasteiger partial charge is 0.495 e. The Hall–Kier alpha value is -2.54. The van der Waals surface area contributed by atoms with Gasteiger partial charge in [0.05, 0.1) is 18.7 Å². The van der Waals surface area contributed by atoms with Crippen LogP contribution in [-0.2, 0) is 6.54 Å². The predicted molar refractivity (Wildman–Crippen MR) is 125 cm³/mol. The molecule has 2 aromatic carbocycles. The van der Waals surface area contributed by atoms with Gasteiger partial charge in [-0.2, -0.15) is 0 Å². The summed E-state index contributed by atoms with van der Waals surface area (Å²) in [5.74, 6) is 1.68. The Bertz CT molecular complexity index is 1060. The van der Waals surface area contributed by atoms with Gasteiger partial charge in [-0.15, -0.1) is 0 Å². The number of amides is 1. The van der Waals surface area contributed by atoms with E-state index < -0.39 is 0 Å². The second kappa shape index (κ2) is 10.4. The van der Waals surface area contributed by atoms with Crippen molar-refractivity contribution in [2.75, 3.05) is 26.7 Å². The number of carbonyl (C=O) groups is 1. The van der Waals surface area contributed by atoms with Gasteiger partial charge in [-0.05, 0) is 62.2 Å². The van der Waals surface area contributed by atoms with Crippen molar-refractivity contribution in [1.29, 1.82) is 0 Å². The molecule has 0 bridgehead atoms. The number of nitrogens with one attached hydrogen (secondary N) is 1. The van der Waals surface area contributed by atoms with E-state index in [0.29, 0.717) is 33.8 Å². The molecule has 0 saturated carbocycles. The molecule has 168 valence electrons. The van der Waals surface area contributed by atoms with Gasteiger partial charge in [-0.1, -0.05) is 40.5 Å². The lowest BCUT2D eigenvalue weighted by Crippen LogP contribution is -2.38. The van der Waals surface area contributed by atoms with Crippen molar-refractivity contribution in [3.63, 3.8) is 0 Å². The SMILES string of the molecule is COc1cc(C(=O)NCC2CCN(Cc3cc(-c4ccc(Cl)cc4)no3)CC2)ccc1Cl. The number of carbonyl (C=O) groups excluding carboxylic acids is 1. The van der Waals surface area contributed by atoms with Crippen LogP contribution < -0.4 is 10.1 Å². The Morgan fingerprint density at radius 2 is 1.91 bits per heavy atom. The Labute approximate surface area is 197 Å². The van der Waals surface area contributed by atoms with Crippen molar-refractivity contribution in [2.24, 2.45) is 5.92 Å². The minimum Gasteiger partial charge on any atom is -0.495 e. The van der Waals surface area contributed by atoms with Crippen LogP contribution in [-0.4, -0.2) is 42.7 Å². The number of halogens is 2. The third kappa shape index (κ3) is 5.63. The number of hydrogen-bond acceptors (Lipinski definition) is 5. The lowest BCUT2D eigenvalue weighted by molar-refractivity contribution is 0.0933. The van der Waals surface area contributed by atoms with E-state index in [2.05, 4.69) is 15.4 Å². The first kappa shape index (κ1) is 22.6. The van der Waals surface area contributed by atoms with Gasteiger partial charge < -0.3 is 14.6 Å². The summed E-state index contributed by atoms with van der Waals surface area (Å²) in [6, 6.07) is 14.6. The normalized spacial score (nSPS) is 15.0. The summed E-state index contributed by atoms with van der Waals surface area (Å²) in [5.41, 5.74) is 2.34. The molecule has 1 aliphatic heterocycles. The first-order valence-electron chi connectivity index (χ1n) is 10.6. The molecule has 32 heavy (non-hydrogen) atoms. The summed E-state index contributed by atoms with van der Waals surface area (Å²) in [7, 11) is 1.54.